The Bertz CT molecular complexity index is 1050. The molecule has 0 atom stereocenters. The van der Waals surface area contributed by atoms with E-state index in [0.29, 0.717) is 33.5 Å². The third-order valence-electron chi connectivity index (χ3n) is 3.74. The first-order valence-electron chi connectivity index (χ1n) is 7.93. The van der Waals surface area contributed by atoms with Gasteiger partial charge in [-0.2, -0.15) is 0 Å². The number of rotatable bonds is 5. The van der Waals surface area contributed by atoms with E-state index in [2.05, 4.69) is 31.5 Å². The van der Waals surface area contributed by atoms with Crippen LogP contribution in [-0.4, -0.2) is 37.3 Å². The van der Waals surface area contributed by atoms with E-state index in [9.17, 15) is 4.79 Å². The molecule has 0 saturated carbocycles. The number of fused-ring (bicyclic) bond motifs is 1. The topological polar surface area (TPSA) is 81.7 Å². The van der Waals surface area contributed by atoms with Crippen LogP contribution in [0.15, 0.2) is 34.8 Å². The zero-order valence-electron chi connectivity index (χ0n) is 15.2. The number of thiocarbonyl (C=S) groups is 1. The average Bonchev–Trinajstić information content (AvgIpc) is 3.08. The lowest BCUT2D eigenvalue weighted by molar-refractivity contribution is 0.0974. The van der Waals surface area contributed by atoms with Gasteiger partial charge in [-0.3, -0.25) is 10.1 Å². The maximum absolute atomic E-state index is 12.5. The minimum absolute atomic E-state index is 0.122. The summed E-state index contributed by atoms with van der Waals surface area (Å²) in [6, 6.07) is 8.75. The fourth-order valence-electron chi connectivity index (χ4n) is 2.46. The molecule has 0 aliphatic rings. The molecule has 3 aromatic rings. The molecule has 0 aliphatic heterocycles. The van der Waals surface area contributed by atoms with E-state index in [4.69, 9.17) is 26.4 Å². The number of methoxy groups -OCH3 is 3. The standard InChI is InChI=1S/C18H16BrN3O4S2/c1-24-10-7-13(26-3)15-14(8-10)28-18(20-15)22-17(27)21-16(23)11-6-9(19)4-5-12(11)25-2/h4-8H,1-3H3,(H2,20,21,22,23,27). The second-order valence-corrected chi connectivity index (χ2v) is 7.80. The highest BCUT2D eigenvalue weighted by Crippen LogP contribution is 2.36. The van der Waals surface area contributed by atoms with Crippen LogP contribution in [-0.2, 0) is 0 Å². The number of thiazole rings is 1. The molecule has 2 N–H and O–H groups in total. The van der Waals surface area contributed by atoms with Gasteiger partial charge in [-0.05, 0) is 36.5 Å². The summed E-state index contributed by atoms with van der Waals surface area (Å²) in [6.07, 6.45) is 0. The molecule has 0 radical (unpaired) electrons. The highest BCUT2D eigenvalue weighted by atomic mass is 79.9. The zero-order chi connectivity index (χ0) is 20.3. The SMILES string of the molecule is COc1cc(OC)c2nc(NC(=S)NC(=O)c3cc(Br)ccc3OC)sc2c1. The van der Waals surface area contributed by atoms with E-state index in [-0.39, 0.29) is 5.11 Å². The summed E-state index contributed by atoms with van der Waals surface area (Å²) in [5, 5.41) is 6.21. The summed E-state index contributed by atoms with van der Waals surface area (Å²) in [7, 11) is 4.65. The molecule has 28 heavy (non-hydrogen) atoms. The van der Waals surface area contributed by atoms with E-state index in [1.54, 1.807) is 38.5 Å². The second-order valence-electron chi connectivity index (χ2n) is 5.45. The Morgan fingerprint density at radius 2 is 1.86 bits per heavy atom. The monoisotopic (exact) mass is 481 g/mol. The summed E-state index contributed by atoms with van der Waals surface area (Å²) in [6.45, 7) is 0. The van der Waals surface area contributed by atoms with Gasteiger partial charge >= 0.3 is 0 Å². The van der Waals surface area contributed by atoms with Crippen molar-refractivity contribution in [1.82, 2.24) is 10.3 Å². The van der Waals surface area contributed by atoms with Crippen LogP contribution in [0.4, 0.5) is 5.13 Å². The van der Waals surface area contributed by atoms with Gasteiger partial charge in [0.25, 0.3) is 5.91 Å². The fourth-order valence-corrected chi connectivity index (χ4v) is 3.99. The Kier molecular flexibility index (Phi) is 6.32. The van der Waals surface area contributed by atoms with Gasteiger partial charge < -0.3 is 19.5 Å². The molecule has 1 amide bonds. The maximum atomic E-state index is 12.5. The van der Waals surface area contributed by atoms with Crippen molar-refractivity contribution in [3.63, 3.8) is 0 Å². The number of hydrogen-bond acceptors (Lipinski definition) is 7. The largest absolute Gasteiger partial charge is 0.497 e. The first-order chi connectivity index (χ1) is 13.4. The third kappa shape index (κ3) is 4.34. The van der Waals surface area contributed by atoms with Gasteiger partial charge in [0, 0.05) is 10.5 Å². The van der Waals surface area contributed by atoms with Gasteiger partial charge in [0.15, 0.2) is 10.2 Å². The minimum atomic E-state index is -0.393. The van der Waals surface area contributed by atoms with E-state index >= 15 is 0 Å². The minimum Gasteiger partial charge on any atom is -0.497 e. The highest BCUT2D eigenvalue weighted by molar-refractivity contribution is 9.10. The highest BCUT2D eigenvalue weighted by Gasteiger charge is 2.16. The van der Waals surface area contributed by atoms with Crippen LogP contribution in [0, 0.1) is 0 Å². The molecule has 0 spiro atoms. The van der Waals surface area contributed by atoms with Crippen LogP contribution in [0.25, 0.3) is 10.2 Å². The van der Waals surface area contributed by atoms with Crippen LogP contribution in [0.2, 0.25) is 0 Å². The molecule has 0 fully saturated rings. The Morgan fingerprint density at radius 3 is 2.54 bits per heavy atom. The molecular formula is C18H16BrN3O4S2. The number of benzene rings is 2. The number of aromatic nitrogens is 1. The lowest BCUT2D eigenvalue weighted by Crippen LogP contribution is -2.34. The van der Waals surface area contributed by atoms with Crippen molar-refractivity contribution in [2.75, 3.05) is 26.6 Å². The van der Waals surface area contributed by atoms with E-state index in [0.717, 1.165) is 9.17 Å². The number of carbonyl (C=O) groups is 1. The number of ether oxygens (including phenoxy) is 3. The molecule has 0 bridgehead atoms. The van der Waals surface area contributed by atoms with Crippen molar-refractivity contribution in [2.24, 2.45) is 0 Å². The molecule has 0 aliphatic carbocycles. The molecule has 7 nitrogen and oxygen atoms in total. The van der Waals surface area contributed by atoms with Crippen LogP contribution in [0.1, 0.15) is 10.4 Å². The fraction of sp³-hybridized carbons (Fsp3) is 0.167. The van der Waals surface area contributed by atoms with Gasteiger partial charge in [0.2, 0.25) is 0 Å². The van der Waals surface area contributed by atoms with Crippen molar-refractivity contribution in [2.45, 2.75) is 0 Å². The Morgan fingerprint density at radius 1 is 1.11 bits per heavy atom. The van der Waals surface area contributed by atoms with E-state index in [1.807, 2.05) is 6.07 Å². The Balaban J connectivity index is 1.78. The molecule has 3 rings (SSSR count). The summed E-state index contributed by atoms with van der Waals surface area (Å²) in [5.41, 5.74) is 1.04. The maximum Gasteiger partial charge on any atom is 0.261 e. The molecule has 146 valence electrons. The number of halogens is 1. The van der Waals surface area contributed by atoms with Crippen LogP contribution in [0.5, 0.6) is 17.2 Å². The smallest absolute Gasteiger partial charge is 0.261 e. The quantitative estimate of drug-likeness (QED) is 0.528. The van der Waals surface area contributed by atoms with Gasteiger partial charge in [-0.1, -0.05) is 27.3 Å². The van der Waals surface area contributed by atoms with Crippen LogP contribution < -0.4 is 24.8 Å². The molecule has 2 aromatic carbocycles. The number of amides is 1. The normalized spacial score (nSPS) is 10.4. The molecule has 10 heteroatoms. The lowest BCUT2D eigenvalue weighted by atomic mass is 10.2. The lowest BCUT2D eigenvalue weighted by Gasteiger charge is -2.10. The van der Waals surface area contributed by atoms with Gasteiger partial charge in [-0.25, -0.2) is 4.98 Å². The molecule has 1 heterocycles. The molecular weight excluding hydrogens is 466 g/mol. The van der Waals surface area contributed by atoms with Crippen LogP contribution in [0.3, 0.4) is 0 Å². The Hall–Kier alpha value is -2.43. The van der Waals surface area contributed by atoms with Crippen molar-refractivity contribution < 1.29 is 19.0 Å². The zero-order valence-corrected chi connectivity index (χ0v) is 18.4. The van der Waals surface area contributed by atoms with Gasteiger partial charge in [0.1, 0.15) is 22.8 Å². The average molecular weight is 482 g/mol. The second kappa shape index (κ2) is 8.72. The number of hydrogen-bond donors (Lipinski definition) is 2. The first-order valence-corrected chi connectivity index (χ1v) is 9.95. The molecule has 0 unspecified atom stereocenters. The number of nitrogens with one attached hydrogen (secondary N) is 2. The van der Waals surface area contributed by atoms with Crippen LogP contribution >= 0.6 is 39.5 Å². The van der Waals surface area contributed by atoms with E-state index < -0.39 is 5.91 Å². The van der Waals surface area contributed by atoms with Crippen molar-refractivity contribution in [1.29, 1.82) is 0 Å². The third-order valence-corrected chi connectivity index (χ3v) is 5.36. The summed E-state index contributed by atoms with van der Waals surface area (Å²) < 4.78 is 17.5. The number of carbonyl (C=O) groups excluding carboxylic acids is 1. The van der Waals surface area contributed by atoms with Gasteiger partial charge in [0.05, 0.1) is 31.6 Å². The summed E-state index contributed by atoms with van der Waals surface area (Å²) in [5.74, 6) is 1.31. The van der Waals surface area contributed by atoms with Crippen molar-refractivity contribution >= 4 is 65.9 Å². The van der Waals surface area contributed by atoms with Crippen molar-refractivity contribution in [3.8, 4) is 17.2 Å². The number of nitrogens with zero attached hydrogens (tertiary/aromatic N) is 1. The predicted octanol–water partition coefficient (Wildman–Crippen LogP) is 4.21. The van der Waals surface area contributed by atoms with Gasteiger partial charge in [-0.15, -0.1) is 0 Å². The Labute approximate surface area is 179 Å². The number of anilines is 1. The summed E-state index contributed by atoms with van der Waals surface area (Å²) in [4.78, 5) is 17.0. The molecule has 0 saturated heterocycles. The van der Waals surface area contributed by atoms with Crippen molar-refractivity contribution in [3.05, 3.63) is 40.4 Å². The van der Waals surface area contributed by atoms with E-state index in [1.165, 1.54) is 18.4 Å². The first kappa shape index (κ1) is 20.3. The molecule has 1 aromatic heterocycles. The summed E-state index contributed by atoms with van der Waals surface area (Å²) >= 11 is 9.96. The predicted molar refractivity (Wildman–Crippen MR) is 117 cm³/mol.